The predicted octanol–water partition coefficient (Wildman–Crippen LogP) is 0.678. The average molecular weight is 182 g/mol. The van der Waals surface area contributed by atoms with Crippen molar-refractivity contribution in [3.05, 3.63) is 24.3 Å². The van der Waals surface area contributed by atoms with E-state index in [-0.39, 0.29) is 5.75 Å². The van der Waals surface area contributed by atoms with Crippen LogP contribution in [0.4, 0.5) is 0 Å². The van der Waals surface area contributed by atoms with E-state index in [4.69, 9.17) is 14.9 Å². The van der Waals surface area contributed by atoms with Crippen LogP contribution in [0, 0.1) is 0 Å². The summed E-state index contributed by atoms with van der Waals surface area (Å²) in [7, 11) is 0. The molecule has 4 heteroatoms. The molecule has 0 fully saturated rings. The van der Waals surface area contributed by atoms with Gasteiger partial charge < -0.3 is 14.9 Å². The first-order valence-electron chi connectivity index (χ1n) is 3.78. The molecule has 0 aliphatic carbocycles. The SMILES string of the molecule is C[C@@H](O)C(=O)Oc1ccc(O)cc1. The molecule has 0 saturated heterocycles. The zero-order valence-electron chi connectivity index (χ0n) is 7.10. The minimum absolute atomic E-state index is 0.0943. The van der Waals surface area contributed by atoms with Gasteiger partial charge in [-0.1, -0.05) is 0 Å². The summed E-state index contributed by atoms with van der Waals surface area (Å²) in [6, 6.07) is 5.67. The van der Waals surface area contributed by atoms with Gasteiger partial charge in [0.05, 0.1) is 0 Å². The number of rotatable bonds is 2. The number of hydrogen-bond donors (Lipinski definition) is 2. The molecule has 0 unspecified atom stereocenters. The molecule has 0 aliphatic heterocycles. The Labute approximate surface area is 75.4 Å². The van der Waals surface area contributed by atoms with E-state index in [1.807, 2.05) is 0 Å². The van der Waals surface area contributed by atoms with E-state index in [0.717, 1.165) is 0 Å². The molecule has 0 amide bonds. The van der Waals surface area contributed by atoms with Gasteiger partial charge in [-0.2, -0.15) is 0 Å². The number of phenolic OH excluding ortho intramolecular Hbond substituents is 1. The van der Waals surface area contributed by atoms with Crippen molar-refractivity contribution >= 4 is 5.97 Å². The van der Waals surface area contributed by atoms with Crippen molar-refractivity contribution in [3.8, 4) is 11.5 Å². The summed E-state index contributed by atoms with van der Waals surface area (Å²) in [5.74, 6) is -0.328. The normalized spacial score (nSPS) is 12.2. The lowest BCUT2D eigenvalue weighted by atomic mass is 10.3. The molecule has 1 aromatic carbocycles. The number of phenols is 1. The zero-order valence-corrected chi connectivity index (χ0v) is 7.10. The second-order valence-corrected chi connectivity index (χ2v) is 2.59. The van der Waals surface area contributed by atoms with Crippen LogP contribution in [0.25, 0.3) is 0 Å². The van der Waals surface area contributed by atoms with Gasteiger partial charge in [-0.3, -0.25) is 0 Å². The number of hydrogen-bond acceptors (Lipinski definition) is 4. The van der Waals surface area contributed by atoms with Crippen LogP contribution < -0.4 is 4.74 Å². The zero-order chi connectivity index (χ0) is 9.84. The number of carbonyl (C=O) groups excluding carboxylic acids is 1. The van der Waals surface area contributed by atoms with Gasteiger partial charge in [0.25, 0.3) is 0 Å². The summed E-state index contributed by atoms with van der Waals surface area (Å²) in [6.45, 7) is 1.32. The third kappa shape index (κ3) is 2.76. The molecule has 1 rings (SSSR count). The molecule has 1 aromatic rings. The number of aromatic hydroxyl groups is 1. The second-order valence-electron chi connectivity index (χ2n) is 2.59. The highest BCUT2D eigenvalue weighted by atomic mass is 16.5. The van der Waals surface area contributed by atoms with Crippen LogP contribution in [0.3, 0.4) is 0 Å². The van der Waals surface area contributed by atoms with Gasteiger partial charge >= 0.3 is 5.97 Å². The largest absolute Gasteiger partial charge is 0.508 e. The Morgan fingerprint density at radius 2 is 1.92 bits per heavy atom. The van der Waals surface area contributed by atoms with Gasteiger partial charge in [-0.25, -0.2) is 4.79 Å². The Bertz CT molecular complexity index is 289. The van der Waals surface area contributed by atoms with Crippen LogP contribution >= 0.6 is 0 Å². The maximum Gasteiger partial charge on any atom is 0.340 e. The first-order valence-corrected chi connectivity index (χ1v) is 3.78. The first-order chi connectivity index (χ1) is 6.09. The van der Waals surface area contributed by atoms with Crippen LogP contribution in [0.1, 0.15) is 6.92 Å². The fourth-order valence-electron chi connectivity index (χ4n) is 0.716. The Morgan fingerprint density at radius 3 is 2.38 bits per heavy atom. The van der Waals surface area contributed by atoms with Gasteiger partial charge in [-0.05, 0) is 31.2 Å². The molecule has 1 atom stereocenters. The highest BCUT2D eigenvalue weighted by Gasteiger charge is 2.10. The first kappa shape index (κ1) is 9.54. The molecule has 0 heterocycles. The predicted molar refractivity (Wildman–Crippen MR) is 45.4 cm³/mol. The molecule has 70 valence electrons. The maximum absolute atomic E-state index is 10.9. The molecule has 0 spiro atoms. The van der Waals surface area contributed by atoms with Crippen molar-refractivity contribution in [2.75, 3.05) is 0 Å². The molecule has 4 nitrogen and oxygen atoms in total. The second kappa shape index (κ2) is 3.91. The topological polar surface area (TPSA) is 66.8 Å². The van der Waals surface area contributed by atoms with E-state index in [9.17, 15) is 4.79 Å². The van der Waals surface area contributed by atoms with Crippen LogP contribution in [0.5, 0.6) is 11.5 Å². The minimum Gasteiger partial charge on any atom is -0.508 e. The molecule has 2 N–H and O–H groups in total. The quantitative estimate of drug-likeness (QED) is 0.521. The Morgan fingerprint density at radius 1 is 1.38 bits per heavy atom. The Kier molecular flexibility index (Phi) is 2.87. The van der Waals surface area contributed by atoms with Crippen molar-refractivity contribution in [2.24, 2.45) is 0 Å². The van der Waals surface area contributed by atoms with Crippen LogP contribution in [0.15, 0.2) is 24.3 Å². The number of ether oxygens (including phenoxy) is 1. The molecule has 0 aromatic heterocycles. The Balaban J connectivity index is 2.65. The van der Waals surface area contributed by atoms with Crippen LogP contribution in [-0.2, 0) is 4.79 Å². The van der Waals surface area contributed by atoms with E-state index in [2.05, 4.69) is 0 Å². The standard InChI is InChI=1S/C9H10O4/c1-6(10)9(12)13-8-4-2-7(11)3-5-8/h2-6,10-11H,1H3/t6-/m1/s1. The summed E-state index contributed by atoms with van der Waals surface area (Å²) in [5, 5.41) is 17.7. The number of carbonyl (C=O) groups is 1. The highest BCUT2D eigenvalue weighted by Crippen LogP contribution is 2.16. The molecule has 0 aliphatic rings. The van der Waals surface area contributed by atoms with E-state index >= 15 is 0 Å². The number of aliphatic hydroxyl groups excluding tert-OH is 1. The smallest absolute Gasteiger partial charge is 0.340 e. The number of esters is 1. The van der Waals surface area contributed by atoms with E-state index in [0.29, 0.717) is 5.75 Å². The molecule has 13 heavy (non-hydrogen) atoms. The number of aliphatic hydroxyl groups is 1. The van der Waals surface area contributed by atoms with Crippen molar-refractivity contribution in [1.82, 2.24) is 0 Å². The van der Waals surface area contributed by atoms with Crippen molar-refractivity contribution < 1.29 is 19.7 Å². The molecule has 0 saturated carbocycles. The minimum atomic E-state index is -1.14. The molecule has 0 bridgehead atoms. The van der Waals surface area contributed by atoms with Gasteiger partial charge in [-0.15, -0.1) is 0 Å². The summed E-state index contributed by atoms with van der Waals surface area (Å²) >= 11 is 0. The van der Waals surface area contributed by atoms with Crippen molar-refractivity contribution in [1.29, 1.82) is 0 Å². The third-order valence-corrected chi connectivity index (χ3v) is 1.40. The van der Waals surface area contributed by atoms with E-state index in [1.54, 1.807) is 0 Å². The maximum atomic E-state index is 10.9. The summed E-state index contributed by atoms with van der Waals surface area (Å²) in [4.78, 5) is 10.9. The van der Waals surface area contributed by atoms with Gasteiger partial charge in [0.15, 0.2) is 0 Å². The monoisotopic (exact) mass is 182 g/mol. The van der Waals surface area contributed by atoms with Crippen LogP contribution in [-0.4, -0.2) is 22.3 Å². The average Bonchev–Trinajstić information content (AvgIpc) is 2.08. The fraction of sp³-hybridized carbons (Fsp3) is 0.222. The Hall–Kier alpha value is -1.55. The fourth-order valence-corrected chi connectivity index (χ4v) is 0.716. The molecular formula is C9H10O4. The van der Waals surface area contributed by atoms with E-state index in [1.165, 1.54) is 31.2 Å². The van der Waals surface area contributed by atoms with Crippen LogP contribution in [0.2, 0.25) is 0 Å². The lowest BCUT2D eigenvalue weighted by Gasteiger charge is -2.05. The van der Waals surface area contributed by atoms with Gasteiger partial charge in [0, 0.05) is 0 Å². The lowest BCUT2D eigenvalue weighted by Crippen LogP contribution is -2.21. The van der Waals surface area contributed by atoms with Gasteiger partial charge in [0.1, 0.15) is 17.6 Å². The lowest BCUT2D eigenvalue weighted by molar-refractivity contribution is -0.142. The molecule has 0 radical (unpaired) electrons. The summed E-state index contributed by atoms with van der Waals surface area (Å²) in [6.07, 6.45) is -1.14. The summed E-state index contributed by atoms with van der Waals surface area (Å²) < 4.78 is 4.73. The summed E-state index contributed by atoms with van der Waals surface area (Å²) in [5.41, 5.74) is 0. The number of benzene rings is 1. The molecular weight excluding hydrogens is 172 g/mol. The van der Waals surface area contributed by atoms with Crippen molar-refractivity contribution in [3.63, 3.8) is 0 Å². The highest BCUT2D eigenvalue weighted by molar-refractivity contribution is 5.76. The van der Waals surface area contributed by atoms with E-state index < -0.39 is 12.1 Å². The van der Waals surface area contributed by atoms with Crippen molar-refractivity contribution in [2.45, 2.75) is 13.0 Å². The van der Waals surface area contributed by atoms with Gasteiger partial charge in [0.2, 0.25) is 0 Å². The third-order valence-electron chi connectivity index (χ3n) is 1.40.